The number of benzene rings is 1. The van der Waals surface area contributed by atoms with Gasteiger partial charge in [-0.2, -0.15) is 0 Å². The molecule has 0 saturated heterocycles. The fourth-order valence-corrected chi connectivity index (χ4v) is 2.95. The Labute approximate surface area is 145 Å². The van der Waals surface area contributed by atoms with Gasteiger partial charge in [-0.1, -0.05) is 50.8 Å². The highest BCUT2D eigenvalue weighted by atomic mass is 16.1. The van der Waals surface area contributed by atoms with Crippen molar-refractivity contribution in [3.63, 3.8) is 0 Å². The van der Waals surface area contributed by atoms with Crippen LogP contribution in [0, 0.1) is 0 Å². The van der Waals surface area contributed by atoms with Crippen molar-refractivity contribution in [2.75, 3.05) is 6.54 Å². The third kappa shape index (κ3) is 5.22. The monoisotopic (exact) mass is 327 g/mol. The summed E-state index contributed by atoms with van der Waals surface area (Å²) in [5.74, 6) is 1.02. The van der Waals surface area contributed by atoms with Crippen LogP contribution in [-0.4, -0.2) is 22.0 Å². The first kappa shape index (κ1) is 18.2. The van der Waals surface area contributed by atoms with Crippen molar-refractivity contribution in [3.8, 4) is 0 Å². The second kappa shape index (κ2) is 9.91. The van der Waals surface area contributed by atoms with Gasteiger partial charge in [0.2, 0.25) is 5.91 Å². The lowest BCUT2D eigenvalue weighted by Crippen LogP contribution is -2.24. The van der Waals surface area contributed by atoms with Crippen LogP contribution in [0.2, 0.25) is 0 Å². The molecule has 0 aliphatic carbocycles. The Morgan fingerprint density at radius 3 is 2.79 bits per heavy atom. The van der Waals surface area contributed by atoms with Gasteiger partial charge >= 0.3 is 0 Å². The number of para-hydroxylation sites is 2. The number of amides is 1. The van der Waals surface area contributed by atoms with Crippen molar-refractivity contribution in [1.82, 2.24) is 14.9 Å². The number of allylic oxidation sites excluding steroid dienone is 1. The van der Waals surface area contributed by atoms with E-state index in [0.29, 0.717) is 6.54 Å². The zero-order chi connectivity index (χ0) is 17.2. The summed E-state index contributed by atoms with van der Waals surface area (Å²) in [7, 11) is 0. The Morgan fingerprint density at radius 2 is 2.00 bits per heavy atom. The lowest BCUT2D eigenvalue weighted by atomic mass is 10.1. The van der Waals surface area contributed by atoms with E-state index in [1.807, 2.05) is 13.0 Å². The van der Waals surface area contributed by atoms with Crippen molar-refractivity contribution in [2.45, 2.75) is 58.9 Å². The van der Waals surface area contributed by atoms with Gasteiger partial charge in [0.15, 0.2) is 0 Å². The minimum Gasteiger partial charge on any atom is -0.352 e. The van der Waals surface area contributed by atoms with Gasteiger partial charge in [-0.3, -0.25) is 4.79 Å². The van der Waals surface area contributed by atoms with Gasteiger partial charge in [-0.05, 0) is 31.6 Å². The molecule has 0 fully saturated rings. The molecular weight excluding hydrogens is 298 g/mol. The van der Waals surface area contributed by atoms with Crippen molar-refractivity contribution in [3.05, 3.63) is 42.2 Å². The number of hydrogen-bond acceptors (Lipinski definition) is 2. The predicted octanol–water partition coefficient (Wildman–Crippen LogP) is 4.24. The molecule has 2 rings (SSSR count). The van der Waals surface area contributed by atoms with Crippen LogP contribution in [0.25, 0.3) is 11.0 Å². The Hall–Kier alpha value is -2.10. The van der Waals surface area contributed by atoms with Crippen LogP contribution in [0.3, 0.4) is 0 Å². The van der Waals surface area contributed by atoms with Crippen LogP contribution in [0.4, 0.5) is 0 Å². The summed E-state index contributed by atoms with van der Waals surface area (Å²) in [6.07, 6.45) is 10.4. The first-order chi connectivity index (χ1) is 11.8. The van der Waals surface area contributed by atoms with E-state index in [0.717, 1.165) is 24.3 Å². The highest BCUT2D eigenvalue weighted by Gasteiger charge is 2.10. The number of aryl methyl sites for hydroxylation is 1. The lowest BCUT2D eigenvalue weighted by molar-refractivity contribution is -0.116. The summed E-state index contributed by atoms with van der Waals surface area (Å²) in [4.78, 5) is 16.3. The minimum absolute atomic E-state index is 0.0419. The van der Waals surface area contributed by atoms with Gasteiger partial charge in [-0.15, -0.1) is 0 Å². The summed E-state index contributed by atoms with van der Waals surface area (Å²) >= 11 is 0. The molecule has 0 unspecified atom stereocenters. The fraction of sp³-hybridized carbons (Fsp3) is 0.500. The van der Waals surface area contributed by atoms with Crippen LogP contribution in [0.1, 0.15) is 51.8 Å². The predicted molar refractivity (Wildman–Crippen MR) is 100 cm³/mol. The van der Waals surface area contributed by atoms with Gasteiger partial charge in [0.1, 0.15) is 5.82 Å². The van der Waals surface area contributed by atoms with E-state index in [4.69, 9.17) is 4.98 Å². The molecular formula is C20H29N3O. The number of nitrogens with one attached hydrogen (secondary N) is 1. The van der Waals surface area contributed by atoms with Gasteiger partial charge in [-0.25, -0.2) is 4.98 Å². The van der Waals surface area contributed by atoms with Crippen LogP contribution in [0.15, 0.2) is 36.4 Å². The molecule has 1 aromatic carbocycles. The molecule has 4 heteroatoms. The van der Waals surface area contributed by atoms with Gasteiger partial charge in [0, 0.05) is 19.5 Å². The Bertz CT molecular complexity index is 673. The van der Waals surface area contributed by atoms with E-state index in [1.54, 1.807) is 12.2 Å². The molecule has 1 heterocycles. The number of unbranched alkanes of at least 4 members (excludes halogenated alkanes) is 4. The quantitative estimate of drug-likeness (QED) is 0.524. The van der Waals surface area contributed by atoms with E-state index >= 15 is 0 Å². The molecule has 0 radical (unpaired) electrons. The topological polar surface area (TPSA) is 46.9 Å². The summed E-state index contributed by atoms with van der Waals surface area (Å²) in [6.45, 7) is 5.70. The summed E-state index contributed by atoms with van der Waals surface area (Å²) < 4.78 is 2.32. The Balaban J connectivity index is 2.01. The molecule has 130 valence electrons. The van der Waals surface area contributed by atoms with Crippen LogP contribution in [0.5, 0.6) is 0 Å². The zero-order valence-electron chi connectivity index (χ0n) is 14.9. The maximum absolute atomic E-state index is 11.5. The van der Waals surface area contributed by atoms with Crippen molar-refractivity contribution < 1.29 is 4.79 Å². The number of aromatic nitrogens is 2. The smallest absolute Gasteiger partial charge is 0.243 e. The van der Waals surface area contributed by atoms with Crippen molar-refractivity contribution >= 4 is 16.9 Å². The average Bonchev–Trinajstić information content (AvgIpc) is 2.93. The molecule has 0 aliphatic heterocycles. The third-order valence-electron chi connectivity index (χ3n) is 4.18. The van der Waals surface area contributed by atoms with Crippen molar-refractivity contribution in [2.24, 2.45) is 0 Å². The fourth-order valence-electron chi connectivity index (χ4n) is 2.95. The SMILES string of the molecule is C/C=C/C(=O)NCCc1nc2ccccc2n1CCCCCCC. The van der Waals surface area contributed by atoms with Gasteiger partial charge in [0.05, 0.1) is 11.0 Å². The second-order valence-corrected chi connectivity index (χ2v) is 6.12. The lowest BCUT2D eigenvalue weighted by Gasteiger charge is -2.09. The van der Waals surface area contributed by atoms with Crippen LogP contribution < -0.4 is 5.32 Å². The molecule has 1 amide bonds. The number of nitrogens with zero attached hydrogens (tertiary/aromatic N) is 2. The molecule has 0 bridgehead atoms. The molecule has 1 N–H and O–H groups in total. The molecule has 0 aliphatic rings. The van der Waals surface area contributed by atoms with E-state index in [9.17, 15) is 4.79 Å². The number of imidazole rings is 1. The molecule has 0 saturated carbocycles. The number of rotatable bonds is 10. The number of fused-ring (bicyclic) bond motifs is 1. The largest absolute Gasteiger partial charge is 0.352 e. The minimum atomic E-state index is -0.0419. The van der Waals surface area contributed by atoms with Crippen molar-refractivity contribution in [1.29, 1.82) is 0 Å². The van der Waals surface area contributed by atoms with Gasteiger partial charge < -0.3 is 9.88 Å². The summed E-state index contributed by atoms with van der Waals surface area (Å²) in [5, 5.41) is 2.91. The first-order valence-electron chi connectivity index (χ1n) is 9.11. The van der Waals surface area contributed by atoms with E-state index < -0.39 is 0 Å². The summed E-state index contributed by atoms with van der Waals surface area (Å²) in [6, 6.07) is 8.29. The standard InChI is InChI=1S/C20H29N3O/c1-3-5-6-7-10-16-23-18-13-9-8-12-17(18)22-19(23)14-15-21-20(24)11-4-2/h4,8-9,11-13H,3,5-7,10,14-16H2,1-2H3,(H,21,24)/b11-4+. The molecule has 4 nitrogen and oxygen atoms in total. The van der Waals surface area contributed by atoms with E-state index in [1.165, 1.54) is 37.6 Å². The number of carbonyl (C=O) groups excluding carboxylic acids is 1. The maximum atomic E-state index is 11.5. The normalized spacial score (nSPS) is 11.4. The molecule has 24 heavy (non-hydrogen) atoms. The Morgan fingerprint density at radius 1 is 1.21 bits per heavy atom. The van der Waals surface area contributed by atoms with Crippen LogP contribution >= 0.6 is 0 Å². The molecule has 0 spiro atoms. The number of carbonyl (C=O) groups is 1. The Kier molecular flexibility index (Phi) is 7.53. The first-order valence-corrected chi connectivity index (χ1v) is 9.11. The third-order valence-corrected chi connectivity index (χ3v) is 4.18. The summed E-state index contributed by atoms with van der Waals surface area (Å²) in [5.41, 5.74) is 2.24. The molecule has 2 aromatic rings. The number of hydrogen-bond donors (Lipinski definition) is 1. The second-order valence-electron chi connectivity index (χ2n) is 6.12. The van der Waals surface area contributed by atoms with E-state index in [2.05, 4.69) is 35.0 Å². The highest BCUT2D eigenvalue weighted by molar-refractivity contribution is 5.87. The maximum Gasteiger partial charge on any atom is 0.243 e. The van der Waals surface area contributed by atoms with Gasteiger partial charge in [0.25, 0.3) is 0 Å². The van der Waals surface area contributed by atoms with Crippen LogP contribution in [-0.2, 0) is 17.8 Å². The molecule has 1 aromatic heterocycles. The average molecular weight is 327 g/mol. The van der Waals surface area contributed by atoms with E-state index in [-0.39, 0.29) is 5.91 Å². The molecule has 0 atom stereocenters. The zero-order valence-corrected chi connectivity index (χ0v) is 14.9. The highest BCUT2D eigenvalue weighted by Crippen LogP contribution is 2.18.